The van der Waals surface area contributed by atoms with E-state index in [4.69, 9.17) is 21.1 Å². The lowest BCUT2D eigenvalue weighted by Gasteiger charge is -2.14. The lowest BCUT2D eigenvalue weighted by molar-refractivity contribution is -0.114. The van der Waals surface area contributed by atoms with E-state index < -0.39 is 5.97 Å². The van der Waals surface area contributed by atoms with Crippen LogP contribution in [-0.4, -0.2) is 36.4 Å². The minimum Gasteiger partial charge on any atom is -0.493 e. The number of carbonyl (C=O) groups excluding carboxylic acids is 1. The smallest absolute Gasteiger partial charge is 0.337 e. The fraction of sp³-hybridized carbons (Fsp3) is 0.227. The van der Waals surface area contributed by atoms with Gasteiger partial charge in [0.2, 0.25) is 0 Å². The topological polar surface area (TPSA) is 88.4 Å². The van der Waals surface area contributed by atoms with E-state index in [1.807, 2.05) is 13.0 Å². The average Bonchev–Trinajstić information content (AvgIpc) is 3.01. The molecule has 0 radical (unpaired) electrons. The Morgan fingerprint density at radius 3 is 2.71 bits per heavy atom. The van der Waals surface area contributed by atoms with Crippen LogP contribution in [-0.2, 0) is 4.79 Å². The van der Waals surface area contributed by atoms with Gasteiger partial charge in [0.15, 0.2) is 11.5 Å². The Labute approximate surface area is 198 Å². The Balaban J connectivity index is 1.96. The number of rotatable bonds is 7. The third-order valence-electron chi connectivity index (χ3n) is 4.50. The molecule has 0 aliphatic carbocycles. The van der Waals surface area contributed by atoms with Crippen LogP contribution in [0.5, 0.6) is 11.5 Å². The van der Waals surface area contributed by atoms with Gasteiger partial charge in [0.1, 0.15) is 0 Å². The van der Waals surface area contributed by atoms with Crippen LogP contribution in [0.2, 0.25) is 5.02 Å². The summed E-state index contributed by atoms with van der Waals surface area (Å²) in [5.74, 6) is -0.300. The maximum Gasteiger partial charge on any atom is 0.337 e. The monoisotopic (exact) mass is 554 g/mol. The van der Waals surface area contributed by atoms with Crippen LogP contribution in [0, 0.1) is 3.57 Å². The van der Waals surface area contributed by atoms with Crippen LogP contribution >= 0.6 is 34.2 Å². The summed E-state index contributed by atoms with van der Waals surface area (Å²) in [6, 6.07) is 8.01. The van der Waals surface area contributed by atoms with Crippen molar-refractivity contribution in [2.24, 2.45) is 5.10 Å². The predicted molar refractivity (Wildman–Crippen MR) is 128 cm³/mol. The molecule has 1 aliphatic rings. The molecule has 0 unspecified atom stereocenters. The lowest BCUT2D eigenvalue weighted by Crippen LogP contribution is -2.21. The van der Waals surface area contributed by atoms with Crippen molar-refractivity contribution in [1.29, 1.82) is 0 Å². The van der Waals surface area contributed by atoms with Crippen molar-refractivity contribution >= 4 is 63.5 Å². The lowest BCUT2D eigenvalue weighted by atomic mass is 10.1. The molecule has 0 aromatic heterocycles. The number of nitrogens with zero attached hydrogens (tertiary/aromatic N) is 2. The molecule has 2 aromatic carbocycles. The highest BCUT2D eigenvalue weighted by atomic mass is 127. The molecular weight excluding hydrogens is 535 g/mol. The third-order valence-corrected chi connectivity index (χ3v) is 5.63. The second-order valence-electron chi connectivity index (χ2n) is 6.71. The molecule has 0 spiro atoms. The van der Waals surface area contributed by atoms with E-state index in [2.05, 4.69) is 27.7 Å². The number of halogens is 2. The van der Waals surface area contributed by atoms with Gasteiger partial charge in [-0.05, 0) is 77.9 Å². The van der Waals surface area contributed by atoms with Crippen molar-refractivity contribution in [3.05, 3.63) is 55.6 Å². The molecule has 0 atom stereocenters. The Hall–Kier alpha value is -2.59. The molecule has 1 aliphatic heterocycles. The van der Waals surface area contributed by atoms with Gasteiger partial charge in [-0.3, -0.25) is 4.79 Å². The number of benzene rings is 2. The molecule has 0 fully saturated rings. The first-order valence-electron chi connectivity index (χ1n) is 9.41. The van der Waals surface area contributed by atoms with Crippen LogP contribution < -0.4 is 14.5 Å². The number of hydrazone groups is 1. The van der Waals surface area contributed by atoms with Crippen LogP contribution in [0.1, 0.15) is 36.2 Å². The van der Waals surface area contributed by atoms with Gasteiger partial charge in [-0.2, -0.15) is 10.1 Å². The Bertz CT molecular complexity index is 1110. The van der Waals surface area contributed by atoms with E-state index in [-0.39, 0.29) is 16.5 Å². The third kappa shape index (κ3) is 4.85. The summed E-state index contributed by atoms with van der Waals surface area (Å²) in [5, 5.41) is 14.9. The molecule has 1 amide bonds. The number of amides is 1. The molecule has 9 heteroatoms. The van der Waals surface area contributed by atoms with Gasteiger partial charge >= 0.3 is 5.97 Å². The number of hydrogen-bond donors (Lipinski definition) is 1. The number of anilines is 1. The number of methoxy groups -OCH3 is 1. The largest absolute Gasteiger partial charge is 0.493 e. The Kier molecular flexibility index (Phi) is 7.22. The first-order valence-corrected chi connectivity index (χ1v) is 10.9. The van der Waals surface area contributed by atoms with Gasteiger partial charge in [0.05, 0.1) is 44.8 Å². The second kappa shape index (κ2) is 9.69. The number of carboxylic acid groups (broad SMARTS) is 1. The van der Waals surface area contributed by atoms with E-state index >= 15 is 0 Å². The van der Waals surface area contributed by atoms with Gasteiger partial charge in [-0.25, -0.2) is 4.79 Å². The van der Waals surface area contributed by atoms with E-state index in [9.17, 15) is 14.7 Å². The molecule has 0 saturated carbocycles. The SMILES string of the molecule is CCCOc1c(I)cc(/C=C2\C(=O)N(c3ccc(Cl)c(C(=O)O)c3)N=C2C)cc1OC. The van der Waals surface area contributed by atoms with E-state index in [0.29, 0.717) is 35.1 Å². The standard InChI is InChI=1S/C22H20ClIN2O5/c1-4-7-31-20-18(24)9-13(10-19(20)30-3)8-15-12(2)25-26(21(15)27)14-5-6-17(23)16(11-14)22(28)29/h5-6,8-11H,4,7H2,1-3H3,(H,28,29)/b15-8-. The number of hydrogen-bond acceptors (Lipinski definition) is 5. The first kappa shape index (κ1) is 23.1. The van der Waals surface area contributed by atoms with Crippen LogP contribution in [0.25, 0.3) is 6.08 Å². The Morgan fingerprint density at radius 1 is 1.32 bits per heavy atom. The highest BCUT2D eigenvalue weighted by Crippen LogP contribution is 2.35. The maximum atomic E-state index is 13.0. The zero-order valence-electron chi connectivity index (χ0n) is 17.1. The van der Waals surface area contributed by atoms with E-state index in [1.54, 1.807) is 32.2 Å². The molecule has 7 nitrogen and oxygen atoms in total. The minimum atomic E-state index is -1.18. The molecule has 0 bridgehead atoms. The summed E-state index contributed by atoms with van der Waals surface area (Å²) < 4.78 is 12.1. The molecule has 1 N–H and O–H groups in total. The Morgan fingerprint density at radius 2 is 2.06 bits per heavy atom. The molecule has 1 heterocycles. The van der Waals surface area contributed by atoms with Crippen molar-refractivity contribution in [3.8, 4) is 11.5 Å². The number of carbonyl (C=O) groups is 2. The molecule has 162 valence electrons. The van der Waals surface area contributed by atoms with Gasteiger partial charge in [0.25, 0.3) is 5.91 Å². The molecule has 0 saturated heterocycles. The van der Waals surface area contributed by atoms with Gasteiger partial charge < -0.3 is 14.6 Å². The van der Waals surface area contributed by atoms with E-state index in [1.165, 1.54) is 17.1 Å². The fourth-order valence-electron chi connectivity index (χ4n) is 3.00. The normalized spacial score (nSPS) is 14.7. The summed E-state index contributed by atoms with van der Waals surface area (Å²) in [6.45, 7) is 4.32. The molecular formula is C22H20ClIN2O5. The summed E-state index contributed by atoms with van der Waals surface area (Å²) in [4.78, 5) is 24.4. The summed E-state index contributed by atoms with van der Waals surface area (Å²) >= 11 is 8.10. The summed E-state index contributed by atoms with van der Waals surface area (Å²) in [5.41, 5.74) is 1.89. The van der Waals surface area contributed by atoms with Crippen LogP contribution in [0.15, 0.2) is 41.0 Å². The van der Waals surface area contributed by atoms with E-state index in [0.717, 1.165) is 15.6 Å². The molecule has 3 rings (SSSR count). The summed E-state index contributed by atoms with van der Waals surface area (Å²) in [6.07, 6.45) is 2.60. The summed E-state index contributed by atoms with van der Waals surface area (Å²) in [7, 11) is 1.57. The van der Waals surface area contributed by atoms with Crippen LogP contribution in [0.3, 0.4) is 0 Å². The van der Waals surface area contributed by atoms with Gasteiger partial charge in [-0.15, -0.1) is 0 Å². The van der Waals surface area contributed by atoms with Gasteiger partial charge in [0, 0.05) is 0 Å². The van der Waals surface area contributed by atoms with Crippen molar-refractivity contribution in [2.45, 2.75) is 20.3 Å². The van der Waals surface area contributed by atoms with Crippen molar-refractivity contribution in [1.82, 2.24) is 0 Å². The van der Waals surface area contributed by atoms with Crippen molar-refractivity contribution in [3.63, 3.8) is 0 Å². The predicted octanol–water partition coefficient (Wildman–Crippen LogP) is 5.25. The van der Waals surface area contributed by atoms with Crippen molar-refractivity contribution in [2.75, 3.05) is 18.7 Å². The quantitative estimate of drug-likeness (QED) is 0.373. The van der Waals surface area contributed by atoms with Gasteiger partial charge in [-0.1, -0.05) is 18.5 Å². The second-order valence-corrected chi connectivity index (χ2v) is 8.28. The average molecular weight is 555 g/mol. The number of aromatic carboxylic acids is 1. The first-order chi connectivity index (χ1) is 14.8. The highest BCUT2D eigenvalue weighted by Gasteiger charge is 2.29. The highest BCUT2D eigenvalue weighted by molar-refractivity contribution is 14.1. The number of carboxylic acids is 1. The minimum absolute atomic E-state index is 0.0893. The fourth-order valence-corrected chi connectivity index (χ4v) is 3.98. The maximum absolute atomic E-state index is 13.0. The zero-order valence-corrected chi connectivity index (χ0v) is 20.0. The van der Waals surface area contributed by atoms with Crippen LogP contribution in [0.4, 0.5) is 5.69 Å². The zero-order chi connectivity index (χ0) is 22.7. The molecule has 2 aromatic rings. The van der Waals surface area contributed by atoms with Crippen molar-refractivity contribution < 1.29 is 24.2 Å². The molecule has 31 heavy (non-hydrogen) atoms. The number of ether oxygens (including phenoxy) is 2.